The predicted octanol–water partition coefficient (Wildman–Crippen LogP) is 3.54. The average molecular weight is 282 g/mol. The van der Waals surface area contributed by atoms with Crippen LogP contribution in [0, 0.1) is 5.41 Å². The van der Waals surface area contributed by atoms with Crippen LogP contribution in [-0.2, 0) is 12.0 Å². The summed E-state index contributed by atoms with van der Waals surface area (Å²) in [6.07, 6.45) is 2.42. The van der Waals surface area contributed by atoms with Crippen LogP contribution in [-0.4, -0.2) is 14.9 Å². The smallest absolute Gasteiger partial charge is 0.0921 e. The van der Waals surface area contributed by atoms with Crippen LogP contribution in [0.2, 0.25) is 0 Å². The molecule has 0 aliphatic heterocycles. The summed E-state index contributed by atoms with van der Waals surface area (Å²) in [6.45, 7) is 7.16. The Balaban J connectivity index is 2.02. The van der Waals surface area contributed by atoms with Crippen molar-refractivity contribution in [3.63, 3.8) is 0 Å². The highest BCUT2D eigenvalue weighted by Crippen LogP contribution is 2.68. The summed E-state index contributed by atoms with van der Waals surface area (Å²) >= 11 is 0. The van der Waals surface area contributed by atoms with Crippen LogP contribution < -0.4 is 0 Å². The number of nitrogens with zero attached hydrogens (tertiary/aromatic N) is 2. The molecule has 1 aromatic heterocycles. The molecular formula is C18H22N2O. The molecule has 1 heterocycles. The van der Waals surface area contributed by atoms with E-state index in [0.29, 0.717) is 5.92 Å². The Bertz CT molecular complexity index is 702. The van der Waals surface area contributed by atoms with Crippen LogP contribution in [0.5, 0.6) is 0 Å². The van der Waals surface area contributed by atoms with Crippen molar-refractivity contribution in [2.75, 3.05) is 0 Å². The maximum Gasteiger partial charge on any atom is 0.0921 e. The number of para-hydroxylation sites is 1. The van der Waals surface area contributed by atoms with E-state index in [1.165, 1.54) is 24.1 Å². The molecule has 0 unspecified atom stereocenters. The SMILES string of the molecule is CC1(C)[C@H]2CC[C@]1(C)c1c2c(CO)nn1-c1ccccc1. The first kappa shape index (κ1) is 13.1. The van der Waals surface area contributed by atoms with Gasteiger partial charge in [0.15, 0.2) is 0 Å². The first-order valence-corrected chi connectivity index (χ1v) is 7.79. The highest BCUT2D eigenvalue weighted by molar-refractivity contribution is 5.51. The summed E-state index contributed by atoms with van der Waals surface area (Å²) in [4.78, 5) is 0. The van der Waals surface area contributed by atoms with Crippen molar-refractivity contribution in [1.29, 1.82) is 0 Å². The van der Waals surface area contributed by atoms with E-state index in [1.54, 1.807) is 0 Å². The molecule has 1 aromatic carbocycles. The summed E-state index contributed by atoms with van der Waals surface area (Å²) < 4.78 is 2.09. The molecule has 2 atom stereocenters. The number of aliphatic hydroxyl groups is 1. The molecule has 1 fully saturated rings. The number of rotatable bonds is 2. The Kier molecular flexibility index (Phi) is 2.48. The number of aromatic nitrogens is 2. The second-order valence-electron chi connectivity index (χ2n) is 7.26. The van der Waals surface area contributed by atoms with Crippen LogP contribution in [0.25, 0.3) is 5.69 Å². The van der Waals surface area contributed by atoms with Crippen LogP contribution in [0.1, 0.15) is 56.5 Å². The fourth-order valence-electron chi connectivity index (χ4n) is 4.67. The van der Waals surface area contributed by atoms with Gasteiger partial charge >= 0.3 is 0 Å². The van der Waals surface area contributed by atoms with Gasteiger partial charge in [-0.25, -0.2) is 4.68 Å². The van der Waals surface area contributed by atoms with Crippen molar-refractivity contribution in [3.8, 4) is 5.69 Å². The molecule has 2 aliphatic carbocycles. The lowest BCUT2D eigenvalue weighted by atomic mass is 9.70. The number of fused-ring (bicyclic) bond motifs is 5. The summed E-state index contributed by atoms with van der Waals surface area (Å²) in [7, 11) is 0. The third-order valence-electron chi connectivity index (χ3n) is 6.25. The molecular weight excluding hydrogens is 260 g/mol. The van der Waals surface area contributed by atoms with E-state index in [-0.39, 0.29) is 17.4 Å². The first-order chi connectivity index (χ1) is 10.0. The first-order valence-electron chi connectivity index (χ1n) is 7.79. The van der Waals surface area contributed by atoms with Crippen LogP contribution >= 0.6 is 0 Å². The molecule has 110 valence electrons. The minimum Gasteiger partial charge on any atom is -0.390 e. The largest absolute Gasteiger partial charge is 0.390 e. The molecule has 1 saturated carbocycles. The molecule has 0 spiro atoms. The molecule has 2 aromatic rings. The lowest BCUT2D eigenvalue weighted by Gasteiger charge is -2.35. The van der Waals surface area contributed by atoms with Crippen molar-refractivity contribution >= 4 is 0 Å². The normalized spacial score (nSPS) is 28.9. The van der Waals surface area contributed by atoms with Gasteiger partial charge in [0.05, 0.1) is 23.7 Å². The summed E-state index contributed by atoms with van der Waals surface area (Å²) in [6, 6.07) is 10.3. The van der Waals surface area contributed by atoms with Crippen molar-refractivity contribution < 1.29 is 5.11 Å². The molecule has 21 heavy (non-hydrogen) atoms. The number of hydrogen-bond donors (Lipinski definition) is 1. The van der Waals surface area contributed by atoms with Gasteiger partial charge in [0.1, 0.15) is 0 Å². The lowest BCUT2D eigenvalue weighted by molar-refractivity contribution is 0.219. The molecule has 3 heteroatoms. The quantitative estimate of drug-likeness (QED) is 0.915. The fraction of sp³-hybridized carbons (Fsp3) is 0.500. The maximum atomic E-state index is 9.77. The standard InChI is InChI=1S/C18H22N2O/c1-17(2)13-9-10-18(17,3)16-15(13)14(11-21)19-20(16)12-7-5-4-6-8-12/h4-8,13,21H,9-11H2,1-3H3/t13-,18+/m0/s1. The minimum absolute atomic E-state index is 0.0326. The van der Waals surface area contributed by atoms with Gasteiger partial charge in [-0.15, -0.1) is 0 Å². The Labute approximate surface area is 125 Å². The zero-order valence-corrected chi connectivity index (χ0v) is 12.9. The highest BCUT2D eigenvalue weighted by atomic mass is 16.3. The van der Waals surface area contributed by atoms with Gasteiger partial charge in [0.25, 0.3) is 0 Å². The van der Waals surface area contributed by atoms with E-state index in [0.717, 1.165) is 11.4 Å². The maximum absolute atomic E-state index is 9.77. The molecule has 0 saturated heterocycles. The van der Waals surface area contributed by atoms with E-state index in [2.05, 4.69) is 37.6 Å². The topological polar surface area (TPSA) is 38.1 Å². The van der Waals surface area contributed by atoms with E-state index < -0.39 is 0 Å². The van der Waals surface area contributed by atoms with Gasteiger partial charge in [-0.2, -0.15) is 5.10 Å². The van der Waals surface area contributed by atoms with Gasteiger partial charge in [-0.3, -0.25) is 0 Å². The van der Waals surface area contributed by atoms with Crippen molar-refractivity contribution in [3.05, 3.63) is 47.3 Å². The third kappa shape index (κ3) is 1.40. The van der Waals surface area contributed by atoms with Crippen molar-refractivity contribution in [2.24, 2.45) is 5.41 Å². The van der Waals surface area contributed by atoms with E-state index in [9.17, 15) is 5.11 Å². The minimum atomic E-state index is 0.0326. The van der Waals surface area contributed by atoms with E-state index >= 15 is 0 Å². The van der Waals surface area contributed by atoms with Crippen LogP contribution in [0.15, 0.2) is 30.3 Å². The molecule has 4 rings (SSSR count). The van der Waals surface area contributed by atoms with Crippen LogP contribution in [0.4, 0.5) is 0 Å². The monoisotopic (exact) mass is 282 g/mol. The van der Waals surface area contributed by atoms with Crippen LogP contribution in [0.3, 0.4) is 0 Å². The second kappa shape index (κ2) is 3.98. The molecule has 2 bridgehead atoms. The van der Waals surface area contributed by atoms with Gasteiger partial charge < -0.3 is 5.11 Å². The lowest BCUT2D eigenvalue weighted by Crippen LogP contribution is -2.33. The Morgan fingerprint density at radius 2 is 1.95 bits per heavy atom. The third-order valence-corrected chi connectivity index (χ3v) is 6.25. The fourth-order valence-corrected chi connectivity index (χ4v) is 4.67. The van der Waals surface area contributed by atoms with E-state index in [1.807, 2.05) is 18.2 Å². The predicted molar refractivity (Wildman–Crippen MR) is 82.6 cm³/mol. The van der Waals surface area contributed by atoms with Gasteiger partial charge in [0, 0.05) is 11.0 Å². The van der Waals surface area contributed by atoms with Gasteiger partial charge in [0.2, 0.25) is 0 Å². The second-order valence-corrected chi connectivity index (χ2v) is 7.26. The molecule has 0 amide bonds. The summed E-state index contributed by atoms with van der Waals surface area (Å²) in [5.74, 6) is 0.525. The Hall–Kier alpha value is -1.61. The van der Waals surface area contributed by atoms with Gasteiger partial charge in [-0.05, 0) is 36.3 Å². The highest BCUT2D eigenvalue weighted by Gasteiger charge is 2.62. The molecule has 1 N–H and O–H groups in total. The number of benzene rings is 1. The van der Waals surface area contributed by atoms with Crippen molar-refractivity contribution in [1.82, 2.24) is 9.78 Å². The summed E-state index contributed by atoms with van der Waals surface area (Å²) in [5.41, 5.74) is 5.00. The summed E-state index contributed by atoms with van der Waals surface area (Å²) in [5, 5.41) is 14.5. The number of hydrogen-bond acceptors (Lipinski definition) is 2. The Morgan fingerprint density at radius 3 is 2.62 bits per heavy atom. The van der Waals surface area contributed by atoms with E-state index in [4.69, 9.17) is 5.10 Å². The van der Waals surface area contributed by atoms with Crippen molar-refractivity contribution in [2.45, 2.75) is 51.6 Å². The Morgan fingerprint density at radius 1 is 1.24 bits per heavy atom. The zero-order chi connectivity index (χ0) is 14.8. The van der Waals surface area contributed by atoms with Gasteiger partial charge in [-0.1, -0.05) is 39.0 Å². The molecule has 2 aliphatic rings. The molecule has 3 nitrogen and oxygen atoms in total. The molecule has 0 radical (unpaired) electrons. The average Bonchev–Trinajstić information content (AvgIpc) is 3.03. The number of aliphatic hydroxyl groups excluding tert-OH is 1. The zero-order valence-electron chi connectivity index (χ0n) is 12.9.